The molecule has 0 radical (unpaired) electrons. The molecule has 0 unspecified atom stereocenters. The molecule has 2 aromatic carbocycles. The molecule has 0 saturated carbocycles. The van der Waals surface area contributed by atoms with Gasteiger partial charge in [0.1, 0.15) is 24.7 Å². The number of carbonyl (C=O) groups excluding carboxylic acids is 2. The van der Waals surface area contributed by atoms with E-state index in [0.717, 1.165) is 5.56 Å². The van der Waals surface area contributed by atoms with Crippen LogP contribution in [0.5, 0.6) is 23.0 Å². The van der Waals surface area contributed by atoms with E-state index in [1.54, 1.807) is 42.5 Å². The lowest BCUT2D eigenvalue weighted by atomic mass is 10.1. The molecule has 0 amide bonds. The third-order valence-corrected chi connectivity index (χ3v) is 4.03. The summed E-state index contributed by atoms with van der Waals surface area (Å²) in [5.41, 5.74) is 1.07. The van der Waals surface area contributed by atoms with Crippen molar-refractivity contribution >= 4 is 17.8 Å². The zero-order chi connectivity index (χ0) is 19.9. The first-order chi connectivity index (χ1) is 13.6. The third-order valence-electron chi connectivity index (χ3n) is 4.03. The highest BCUT2D eigenvalue weighted by atomic mass is 16.6. The van der Waals surface area contributed by atoms with Crippen molar-refractivity contribution < 1.29 is 33.3 Å². The first-order valence-corrected chi connectivity index (χ1v) is 8.60. The van der Waals surface area contributed by atoms with Gasteiger partial charge in [0, 0.05) is 12.1 Å². The van der Waals surface area contributed by atoms with E-state index in [-0.39, 0.29) is 5.78 Å². The predicted molar refractivity (Wildman–Crippen MR) is 101 cm³/mol. The molecule has 0 aliphatic carbocycles. The van der Waals surface area contributed by atoms with Crippen molar-refractivity contribution in [3.63, 3.8) is 0 Å². The fourth-order valence-electron chi connectivity index (χ4n) is 2.62. The first-order valence-electron chi connectivity index (χ1n) is 8.60. The third kappa shape index (κ3) is 4.62. The molecule has 0 atom stereocenters. The average Bonchev–Trinajstić information content (AvgIpc) is 2.75. The highest BCUT2D eigenvalue weighted by Crippen LogP contribution is 2.31. The Morgan fingerprint density at radius 1 is 1.00 bits per heavy atom. The number of ketones is 1. The van der Waals surface area contributed by atoms with E-state index >= 15 is 0 Å². The van der Waals surface area contributed by atoms with Gasteiger partial charge in [0.15, 0.2) is 18.1 Å². The van der Waals surface area contributed by atoms with E-state index in [0.29, 0.717) is 41.8 Å². The summed E-state index contributed by atoms with van der Waals surface area (Å²) in [6.07, 6.45) is 2.84. The maximum Gasteiger partial charge on any atom is 0.331 e. The second kappa shape index (κ2) is 8.94. The van der Waals surface area contributed by atoms with Gasteiger partial charge in [-0.3, -0.25) is 4.79 Å². The van der Waals surface area contributed by atoms with Crippen LogP contribution >= 0.6 is 0 Å². The van der Waals surface area contributed by atoms with Gasteiger partial charge >= 0.3 is 5.97 Å². The number of ether oxygens (including phenoxy) is 5. The van der Waals surface area contributed by atoms with Gasteiger partial charge in [-0.05, 0) is 35.9 Å². The lowest BCUT2D eigenvalue weighted by molar-refractivity contribution is -0.136. The second-order valence-electron chi connectivity index (χ2n) is 5.83. The van der Waals surface area contributed by atoms with E-state index in [2.05, 4.69) is 0 Å². The second-order valence-corrected chi connectivity index (χ2v) is 5.83. The quantitative estimate of drug-likeness (QED) is 0.412. The summed E-state index contributed by atoms with van der Waals surface area (Å²) in [5.74, 6) is 1.21. The molecule has 2 aromatic rings. The zero-order valence-corrected chi connectivity index (χ0v) is 15.6. The van der Waals surface area contributed by atoms with Crippen LogP contribution in [0.15, 0.2) is 42.5 Å². The van der Waals surface area contributed by atoms with Crippen molar-refractivity contribution in [3.8, 4) is 23.0 Å². The maximum atomic E-state index is 12.3. The van der Waals surface area contributed by atoms with Crippen molar-refractivity contribution in [1.82, 2.24) is 0 Å². The summed E-state index contributed by atoms with van der Waals surface area (Å²) in [5, 5.41) is 0. The fraction of sp³-hybridized carbons (Fsp3) is 0.238. The summed E-state index contributed by atoms with van der Waals surface area (Å²) in [6.45, 7) is 0.605. The molecule has 3 rings (SSSR count). The summed E-state index contributed by atoms with van der Waals surface area (Å²) in [4.78, 5) is 24.2. The van der Waals surface area contributed by atoms with Gasteiger partial charge in [0.05, 0.1) is 19.8 Å². The first kappa shape index (κ1) is 19.3. The highest BCUT2D eigenvalue weighted by Gasteiger charge is 2.15. The zero-order valence-electron chi connectivity index (χ0n) is 15.6. The average molecular weight is 384 g/mol. The Morgan fingerprint density at radius 3 is 2.54 bits per heavy atom. The van der Waals surface area contributed by atoms with Crippen LogP contribution in [-0.4, -0.2) is 45.8 Å². The number of hydrogen-bond donors (Lipinski definition) is 0. The SMILES string of the molecule is COc1ccc(C(=O)COC(=O)/C=C/c2ccc3c(c2)OCCO3)c(OC)c1. The molecular formula is C21H20O7. The van der Waals surface area contributed by atoms with Crippen LogP contribution < -0.4 is 18.9 Å². The number of carbonyl (C=O) groups is 2. The molecule has 1 heterocycles. The minimum Gasteiger partial charge on any atom is -0.497 e. The Hall–Kier alpha value is -3.48. The van der Waals surface area contributed by atoms with Gasteiger partial charge in [-0.15, -0.1) is 0 Å². The van der Waals surface area contributed by atoms with Crippen LogP contribution in [0.25, 0.3) is 6.08 Å². The summed E-state index contributed by atoms with van der Waals surface area (Å²) >= 11 is 0. The molecule has 0 bridgehead atoms. The van der Waals surface area contributed by atoms with Crippen LogP contribution in [-0.2, 0) is 9.53 Å². The molecule has 0 fully saturated rings. The highest BCUT2D eigenvalue weighted by molar-refractivity contribution is 6.01. The molecule has 146 valence electrons. The smallest absolute Gasteiger partial charge is 0.331 e. The predicted octanol–water partition coefficient (Wildman–Crippen LogP) is 2.91. The molecule has 7 heteroatoms. The van der Waals surface area contributed by atoms with Gasteiger partial charge in [-0.1, -0.05) is 6.07 Å². The molecular weight excluding hydrogens is 364 g/mol. The van der Waals surface area contributed by atoms with Crippen LogP contribution in [0, 0.1) is 0 Å². The van der Waals surface area contributed by atoms with E-state index in [4.69, 9.17) is 23.7 Å². The Kier molecular flexibility index (Phi) is 6.16. The minimum absolute atomic E-state index is 0.312. The standard InChI is InChI=1S/C21H20O7/c1-24-15-5-6-16(19(12-15)25-2)17(22)13-28-21(23)8-4-14-3-7-18-20(11-14)27-10-9-26-18/h3-8,11-12H,9-10,13H2,1-2H3/b8-4+. The molecule has 28 heavy (non-hydrogen) atoms. The maximum absolute atomic E-state index is 12.3. The number of Topliss-reactive ketones (excluding diaryl/α,β-unsaturated/α-hetero) is 1. The van der Waals surface area contributed by atoms with E-state index < -0.39 is 12.6 Å². The van der Waals surface area contributed by atoms with Crippen LogP contribution in [0.4, 0.5) is 0 Å². The molecule has 0 spiro atoms. The van der Waals surface area contributed by atoms with Crippen molar-refractivity contribution in [1.29, 1.82) is 0 Å². The number of benzene rings is 2. The lowest BCUT2D eigenvalue weighted by Gasteiger charge is -2.18. The molecule has 0 aromatic heterocycles. The number of fused-ring (bicyclic) bond motifs is 1. The monoisotopic (exact) mass is 384 g/mol. The van der Waals surface area contributed by atoms with E-state index in [9.17, 15) is 9.59 Å². The molecule has 0 saturated heterocycles. The molecule has 1 aliphatic rings. The van der Waals surface area contributed by atoms with Crippen LogP contribution in [0.2, 0.25) is 0 Å². The van der Waals surface area contributed by atoms with Gasteiger partial charge in [0.25, 0.3) is 0 Å². The normalized spacial score (nSPS) is 12.5. The van der Waals surface area contributed by atoms with Crippen LogP contribution in [0.3, 0.4) is 0 Å². The number of esters is 1. The topological polar surface area (TPSA) is 80.3 Å². The summed E-state index contributed by atoms with van der Waals surface area (Å²) < 4.78 is 26.3. The summed E-state index contributed by atoms with van der Waals surface area (Å²) in [6, 6.07) is 10.1. The minimum atomic E-state index is -0.629. The van der Waals surface area contributed by atoms with Crippen LogP contribution in [0.1, 0.15) is 15.9 Å². The Balaban J connectivity index is 1.58. The van der Waals surface area contributed by atoms with Crippen molar-refractivity contribution in [3.05, 3.63) is 53.6 Å². The fourth-order valence-corrected chi connectivity index (χ4v) is 2.62. The van der Waals surface area contributed by atoms with Crippen molar-refractivity contribution in [2.45, 2.75) is 0 Å². The number of rotatable bonds is 7. The Morgan fingerprint density at radius 2 is 1.79 bits per heavy atom. The van der Waals surface area contributed by atoms with Gasteiger partial charge in [0.2, 0.25) is 5.78 Å². The number of hydrogen-bond acceptors (Lipinski definition) is 7. The molecule has 1 aliphatic heterocycles. The molecule has 0 N–H and O–H groups in total. The lowest BCUT2D eigenvalue weighted by Crippen LogP contribution is -2.15. The number of methoxy groups -OCH3 is 2. The Labute approximate surface area is 162 Å². The van der Waals surface area contributed by atoms with Crippen molar-refractivity contribution in [2.75, 3.05) is 34.0 Å². The van der Waals surface area contributed by atoms with Crippen molar-refractivity contribution in [2.24, 2.45) is 0 Å². The van der Waals surface area contributed by atoms with Gasteiger partial charge in [-0.2, -0.15) is 0 Å². The summed E-state index contributed by atoms with van der Waals surface area (Å²) in [7, 11) is 2.97. The van der Waals surface area contributed by atoms with E-state index in [1.807, 2.05) is 0 Å². The largest absolute Gasteiger partial charge is 0.497 e. The van der Waals surface area contributed by atoms with E-state index in [1.165, 1.54) is 20.3 Å². The Bertz CT molecular complexity index is 902. The molecule has 7 nitrogen and oxygen atoms in total. The van der Waals surface area contributed by atoms with Gasteiger partial charge < -0.3 is 23.7 Å². The van der Waals surface area contributed by atoms with Gasteiger partial charge in [-0.25, -0.2) is 4.79 Å².